The maximum Gasteiger partial charge on any atom is 0.347 e. The second-order valence-corrected chi connectivity index (χ2v) is 3.97. The molecule has 1 aromatic heterocycles. The Morgan fingerprint density at radius 2 is 1.94 bits per heavy atom. The van der Waals surface area contributed by atoms with E-state index >= 15 is 0 Å². The Hall–Kier alpha value is -1.82. The molecule has 84 valence electrons. The number of anilines is 1. The van der Waals surface area contributed by atoms with Gasteiger partial charge in [0, 0.05) is 14.1 Å². The Balaban J connectivity index is 2.74. The lowest BCUT2D eigenvalue weighted by atomic mass is 10.2. The van der Waals surface area contributed by atoms with Gasteiger partial charge >= 0.3 is 5.69 Å². The predicted molar refractivity (Wildman–Crippen MR) is 65.9 cm³/mol. The summed E-state index contributed by atoms with van der Waals surface area (Å²) in [5, 5.41) is 5.08. The molecule has 0 unspecified atom stereocenters. The maximum absolute atomic E-state index is 11.6. The molecule has 0 aliphatic carbocycles. The number of aromatic amines is 2. The van der Waals surface area contributed by atoms with Crippen LogP contribution in [0.25, 0.3) is 5.69 Å². The van der Waals surface area contributed by atoms with Gasteiger partial charge in [-0.3, -0.25) is 5.10 Å². The van der Waals surface area contributed by atoms with E-state index in [1.54, 1.807) is 0 Å². The van der Waals surface area contributed by atoms with Gasteiger partial charge in [-0.15, -0.1) is 0 Å². The van der Waals surface area contributed by atoms with Crippen molar-refractivity contribution in [3.05, 3.63) is 39.5 Å². The Morgan fingerprint density at radius 3 is 2.50 bits per heavy atom. The van der Waals surface area contributed by atoms with Crippen molar-refractivity contribution < 1.29 is 0 Å². The van der Waals surface area contributed by atoms with Crippen LogP contribution >= 0.6 is 12.2 Å². The highest BCUT2D eigenvalue weighted by Gasteiger charge is 2.09. The third-order valence-corrected chi connectivity index (χ3v) is 2.57. The van der Waals surface area contributed by atoms with Gasteiger partial charge in [-0.25, -0.2) is 14.5 Å². The van der Waals surface area contributed by atoms with Crippen molar-refractivity contribution in [1.82, 2.24) is 14.8 Å². The number of hydrogen-bond donors (Lipinski definition) is 2. The first-order valence-corrected chi connectivity index (χ1v) is 5.18. The van der Waals surface area contributed by atoms with Gasteiger partial charge in [0.25, 0.3) is 0 Å². The zero-order chi connectivity index (χ0) is 11.7. The maximum atomic E-state index is 11.6. The lowest BCUT2D eigenvalue weighted by molar-refractivity contribution is 0.961. The third kappa shape index (κ3) is 1.67. The van der Waals surface area contributed by atoms with Crippen LogP contribution in [0.2, 0.25) is 0 Å². The van der Waals surface area contributed by atoms with Gasteiger partial charge in [-0.05, 0) is 24.4 Å². The zero-order valence-corrected chi connectivity index (χ0v) is 9.84. The fourth-order valence-corrected chi connectivity index (χ4v) is 1.79. The average molecular weight is 236 g/mol. The Labute approximate surface area is 97.3 Å². The molecule has 0 atom stereocenters. The van der Waals surface area contributed by atoms with Crippen LogP contribution in [0, 0.1) is 4.77 Å². The minimum absolute atomic E-state index is 0.265. The smallest absolute Gasteiger partial charge is 0.347 e. The standard InChI is InChI=1S/C10H12N4OS/c1-13(2)7-5-3-4-6-8(7)14-9(15)11-12-10(14)16/h3-6H,1-2H3,(H,11,15)(H,12,16). The van der Waals surface area contributed by atoms with Crippen LogP contribution in [0.5, 0.6) is 0 Å². The van der Waals surface area contributed by atoms with E-state index in [-0.39, 0.29) is 5.69 Å². The van der Waals surface area contributed by atoms with Gasteiger partial charge < -0.3 is 4.90 Å². The highest BCUT2D eigenvalue weighted by molar-refractivity contribution is 7.71. The van der Waals surface area contributed by atoms with Crippen molar-refractivity contribution in [2.75, 3.05) is 19.0 Å². The topological polar surface area (TPSA) is 56.8 Å². The molecule has 1 heterocycles. The Morgan fingerprint density at radius 1 is 1.25 bits per heavy atom. The molecule has 0 aliphatic heterocycles. The summed E-state index contributed by atoms with van der Waals surface area (Å²) < 4.78 is 1.80. The number of benzene rings is 1. The van der Waals surface area contributed by atoms with E-state index in [1.165, 1.54) is 4.57 Å². The second-order valence-electron chi connectivity index (χ2n) is 3.58. The first kappa shape index (κ1) is 10.7. The highest BCUT2D eigenvalue weighted by Crippen LogP contribution is 2.20. The fraction of sp³-hybridized carbons (Fsp3) is 0.200. The molecule has 0 saturated carbocycles. The van der Waals surface area contributed by atoms with Crippen molar-refractivity contribution in [3.63, 3.8) is 0 Å². The number of H-pyrrole nitrogens is 2. The summed E-state index contributed by atoms with van der Waals surface area (Å²) >= 11 is 5.06. The van der Waals surface area contributed by atoms with Gasteiger partial charge in [0.15, 0.2) is 0 Å². The number of hydrogen-bond acceptors (Lipinski definition) is 3. The molecule has 0 spiro atoms. The molecular weight excluding hydrogens is 224 g/mol. The van der Waals surface area contributed by atoms with Gasteiger partial charge in [0.2, 0.25) is 4.77 Å². The number of rotatable bonds is 2. The van der Waals surface area contributed by atoms with E-state index in [1.807, 2.05) is 43.3 Å². The molecule has 1 aromatic carbocycles. The summed E-state index contributed by atoms with van der Waals surface area (Å²) in [6, 6.07) is 7.58. The van der Waals surface area contributed by atoms with Crippen molar-refractivity contribution in [3.8, 4) is 5.69 Å². The van der Waals surface area contributed by atoms with Crippen LogP contribution in [0.15, 0.2) is 29.1 Å². The molecule has 0 aliphatic rings. The van der Waals surface area contributed by atoms with Crippen LogP contribution in [-0.2, 0) is 0 Å². The van der Waals surface area contributed by atoms with Gasteiger partial charge in [-0.2, -0.15) is 0 Å². The number of para-hydroxylation sites is 2. The molecule has 2 aromatic rings. The van der Waals surface area contributed by atoms with Crippen LogP contribution in [-0.4, -0.2) is 28.9 Å². The highest BCUT2D eigenvalue weighted by atomic mass is 32.1. The lowest BCUT2D eigenvalue weighted by Gasteiger charge is -2.16. The molecule has 2 N–H and O–H groups in total. The predicted octanol–water partition coefficient (Wildman–Crippen LogP) is 1.29. The SMILES string of the molecule is CN(C)c1ccccc1-n1c(=O)[nH][nH]c1=S. The molecule has 0 amide bonds. The van der Waals surface area contributed by atoms with Crippen LogP contribution in [0.4, 0.5) is 5.69 Å². The van der Waals surface area contributed by atoms with E-state index in [0.29, 0.717) is 4.77 Å². The minimum atomic E-state index is -0.265. The first-order valence-electron chi connectivity index (χ1n) is 4.77. The number of nitrogens with zero attached hydrogens (tertiary/aromatic N) is 2. The second kappa shape index (κ2) is 3.97. The van der Waals surface area contributed by atoms with Gasteiger partial charge in [-0.1, -0.05) is 12.1 Å². The monoisotopic (exact) mass is 236 g/mol. The summed E-state index contributed by atoms with van der Waals surface area (Å²) in [5.74, 6) is 0. The summed E-state index contributed by atoms with van der Waals surface area (Å²) in [7, 11) is 3.84. The molecule has 0 radical (unpaired) electrons. The molecule has 2 rings (SSSR count). The summed E-state index contributed by atoms with van der Waals surface area (Å²) in [6.07, 6.45) is 0. The minimum Gasteiger partial charge on any atom is -0.376 e. The van der Waals surface area contributed by atoms with E-state index in [9.17, 15) is 4.79 Å². The van der Waals surface area contributed by atoms with Gasteiger partial charge in [0.1, 0.15) is 0 Å². The molecule has 5 nitrogen and oxygen atoms in total. The average Bonchev–Trinajstić information content (AvgIpc) is 2.58. The molecule has 0 bridgehead atoms. The quantitative estimate of drug-likeness (QED) is 0.772. The van der Waals surface area contributed by atoms with E-state index in [0.717, 1.165) is 11.4 Å². The van der Waals surface area contributed by atoms with Crippen molar-refractivity contribution in [1.29, 1.82) is 0 Å². The third-order valence-electron chi connectivity index (χ3n) is 2.29. The largest absolute Gasteiger partial charge is 0.376 e. The number of nitrogens with one attached hydrogen (secondary N) is 2. The van der Waals surface area contributed by atoms with Gasteiger partial charge in [0.05, 0.1) is 11.4 Å². The van der Waals surface area contributed by atoms with Crippen LogP contribution in [0.1, 0.15) is 0 Å². The van der Waals surface area contributed by atoms with Crippen molar-refractivity contribution in [2.45, 2.75) is 0 Å². The van der Waals surface area contributed by atoms with Crippen LogP contribution in [0.3, 0.4) is 0 Å². The molecule has 16 heavy (non-hydrogen) atoms. The van der Waals surface area contributed by atoms with Crippen molar-refractivity contribution in [2.24, 2.45) is 0 Å². The first-order chi connectivity index (χ1) is 7.61. The van der Waals surface area contributed by atoms with E-state index in [2.05, 4.69) is 10.2 Å². The Kier molecular flexibility index (Phi) is 2.66. The van der Waals surface area contributed by atoms with Crippen molar-refractivity contribution >= 4 is 17.9 Å². The van der Waals surface area contributed by atoms with Crippen LogP contribution < -0.4 is 10.6 Å². The summed E-state index contributed by atoms with van der Waals surface area (Å²) in [4.78, 5) is 13.5. The lowest BCUT2D eigenvalue weighted by Crippen LogP contribution is -2.19. The molecule has 0 fully saturated rings. The summed E-state index contributed by atoms with van der Waals surface area (Å²) in [6.45, 7) is 0. The normalized spacial score (nSPS) is 10.4. The summed E-state index contributed by atoms with van der Waals surface area (Å²) in [5.41, 5.74) is 1.43. The molecule has 0 saturated heterocycles. The fourth-order valence-electron chi connectivity index (χ4n) is 1.56. The van der Waals surface area contributed by atoms with E-state index in [4.69, 9.17) is 12.2 Å². The molecule has 6 heteroatoms. The number of aromatic nitrogens is 3. The molecular formula is C10H12N4OS. The Bertz CT molecular complexity index is 580. The zero-order valence-electron chi connectivity index (χ0n) is 9.02. The van der Waals surface area contributed by atoms with E-state index < -0.39 is 0 Å².